The Labute approximate surface area is 160 Å². The van der Waals surface area contributed by atoms with Crippen molar-refractivity contribution in [3.05, 3.63) is 71.0 Å². The van der Waals surface area contributed by atoms with Crippen molar-refractivity contribution < 1.29 is 13.9 Å². The highest BCUT2D eigenvalue weighted by Gasteiger charge is 2.23. The molecule has 1 fully saturated rings. The first-order valence-electron chi connectivity index (χ1n) is 9.53. The number of amides is 1. The zero-order valence-corrected chi connectivity index (χ0v) is 15.8. The number of methoxy groups -OCH3 is 1. The summed E-state index contributed by atoms with van der Waals surface area (Å²) in [6.45, 7) is 2.98. The zero-order valence-electron chi connectivity index (χ0n) is 15.8. The van der Waals surface area contributed by atoms with E-state index in [9.17, 15) is 9.18 Å². The maximum atomic E-state index is 13.3. The quantitative estimate of drug-likeness (QED) is 0.803. The molecule has 27 heavy (non-hydrogen) atoms. The summed E-state index contributed by atoms with van der Waals surface area (Å²) in [4.78, 5) is 15.0. The van der Waals surface area contributed by atoms with Crippen molar-refractivity contribution in [1.29, 1.82) is 0 Å². The van der Waals surface area contributed by atoms with Gasteiger partial charge in [0.05, 0.1) is 12.6 Å². The Morgan fingerprint density at radius 3 is 2.59 bits per heavy atom. The molecule has 0 unspecified atom stereocenters. The van der Waals surface area contributed by atoms with Crippen molar-refractivity contribution in [2.75, 3.05) is 26.7 Å². The zero-order chi connectivity index (χ0) is 19.1. The summed E-state index contributed by atoms with van der Waals surface area (Å²) >= 11 is 0. The predicted octanol–water partition coefficient (Wildman–Crippen LogP) is 3.93. The number of carbonyl (C=O) groups is 1. The number of hydrogen-bond donors (Lipinski definition) is 1. The van der Waals surface area contributed by atoms with Crippen LogP contribution in [0.4, 0.5) is 4.39 Å². The summed E-state index contributed by atoms with van der Waals surface area (Å²) in [7, 11) is 1.64. The van der Waals surface area contributed by atoms with Crippen LogP contribution in [0, 0.1) is 5.82 Å². The Morgan fingerprint density at radius 1 is 1.15 bits per heavy atom. The molecule has 2 aromatic rings. The largest absolute Gasteiger partial charge is 0.380 e. The van der Waals surface area contributed by atoms with E-state index in [4.69, 9.17) is 4.74 Å². The molecule has 5 heteroatoms. The van der Waals surface area contributed by atoms with Gasteiger partial charge in [0.2, 0.25) is 0 Å². The van der Waals surface area contributed by atoms with Gasteiger partial charge in [-0.15, -0.1) is 0 Å². The van der Waals surface area contributed by atoms with Gasteiger partial charge in [0.15, 0.2) is 0 Å². The molecule has 1 atom stereocenters. The molecule has 0 spiro atoms. The fourth-order valence-electron chi connectivity index (χ4n) is 3.63. The fourth-order valence-corrected chi connectivity index (χ4v) is 3.63. The molecular weight excluding hydrogens is 343 g/mol. The maximum Gasteiger partial charge on any atom is 0.251 e. The highest BCUT2D eigenvalue weighted by Crippen LogP contribution is 2.24. The van der Waals surface area contributed by atoms with Crippen LogP contribution in [0.25, 0.3) is 0 Å². The number of nitrogens with one attached hydrogen (secondary N) is 1. The average Bonchev–Trinajstić information content (AvgIpc) is 2.70. The second-order valence-electron chi connectivity index (χ2n) is 7.01. The number of hydrogen-bond acceptors (Lipinski definition) is 3. The van der Waals surface area contributed by atoms with Crippen LogP contribution >= 0.6 is 0 Å². The van der Waals surface area contributed by atoms with Gasteiger partial charge >= 0.3 is 0 Å². The number of halogens is 1. The summed E-state index contributed by atoms with van der Waals surface area (Å²) in [5.41, 5.74) is 2.63. The van der Waals surface area contributed by atoms with E-state index in [1.54, 1.807) is 7.11 Å². The number of rotatable bonds is 7. The predicted molar refractivity (Wildman–Crippen MR) is 104 cm³/mol. The topological polar surface area (TPSA) is 41.6 Å². The number of benzene rings is 2. The maximum absolute atomic E-state index is 13.3. The van der Waals surface area contributed by atoms with Crippen LogP contribution in [0.5, 0.6) is 0 Å². The Morgan fingerprint density at radius 2 is 1.89 bits per heavy atom. The van der Waals surface area contributed by atoms with Crippen LogP contribution in [0.2, 0.25) is 0 Å². The highest BCUT2D eigenvalue weighted by molar-refractivity contribution is 5.94. The molecule has 1 N–H and O–H groups in total. The SMILES string of the molecule is COCc1cccc(C(=O)NC[C@@H](c2ccc(F)cc2)N2CCCCC2)c1. The van der Waals surface area contributed by atoms with Gasteiger partial charge in [0.25, 0.3) is 5.91 Å². The van der Waals surface area contributed by atoms with Crippen LogP contribution in [0.15, 0.2) is 48.5 Å². The van der Waals surface area contributed by atoms with Crippen molar-refractivity contribution in [2.24, 2.45) is 0 Å². The van der Waals surface area contributed by atoms with Crippen molar-refractivity contribution in [3.8, 4) is 0 Å². The van der Waals surface area contributed by atoms with Gasteiger partial charge in [-0.1, -0.05) is 30.7 Å². The third kappa shape index (κ3) is 5.37. The van der Waals surface area contributed by atoms with Gasteiger partial charge in [-0.2, -0.15) is 0 Å². The van der Waals surface area contributed by atoms with Crippen molar-refractivity contribution >= 4 is 5.91 Å². The van der Waals surface area contributed by atoms with Crippen LogP contribution in [-0.4, -0.2) is 37.6 Å². The van der Waals surface area contributed by atoms with Gasteiger partial charge in [0, 0.05) is 19.2 Å². The van der Waals surface area contributed by atoms with Crippen molar-refractivity contribution in [1.82, 2.24) is 10.2 Å². The Hall–Kier alpha value is -2.24. The van der Waals surface area contributed by atoms with E-state index in [0.29, 0.717) is 18.7 Å². The number of likely N-dealkylation sites (tertiary alicyclic amines) is 1. The van der Waals surface area contributed by atoms with E-state index in [-0.39, 0.29) is 17.8 Å². The van der Waals surface area contributed by atoms with Crippen LogP contribution in [0.3, 0.4) is 0 Å². The lowest BCUT2D eigenvalue weighted by Gasteiger charge is -2.35. The second-order valence-corrected chi connectivity index (χ2v) is 7.01. The Balaban J connectivity index is 1.71. The molecule has 0 bridgehead atoms. The van der Waals surface area contributed by atoms with Crippen LogP contribution in [-0.2, 0) is 11.3 Å². The molecule has 1 aliphatic rings. The Bertz CT molecular complexity index is 742. The first kappa shape index (κ1) is 19.5. The minimum absolute atomic E-state index is 0.0528. The molecule has 1 aliphatic heterocycles. The monoisotopic (exact) mass is 370 g/mol. The number of carbonyl (C=O) groups excluding carboxylic acids is 1. The van der Waals surface area contributed by atoms with Crippen LogP contribution in [0.1, 0.15) is 46.8 Å². The molecule has 1 saturated heterocycles. The molecule has 4 nitrogen and oxygen atoms in total. The standard InChI is InChI=1S/C22H27FN2O2/c1-27-16-17-6-5-7-19(14-17)22(26)24-15-21(25-12-3-2-4-13-25)18-8-10-20(23)11-9-18/h5-11,14,21H,2-4,12-13,15-16H2,1H3,(H,24,26)/t21-/m0/s1. The summed E-state index contributed by atoms with van der Waals surface area (Å²) in [6, 6.07) is 14.1. The van der Waals surface area contributed by atoms with Gasteiger partial charge in [-0.05, 0) is 61.3 Å². The molecular formula is C22H27FN2O2. The molecule has 0 saturated carbocycles. The normalized spacial score (nSPS) is 16.1. The van der Waals surface area contributed by atoms with Gasteiger partial charge in [-0.25, -0.2) is 4.39 Å². The summed E-state index contributed by atoms with van der Waals surface area (Å²) in [5, 5.41) is 3.06. The summed E-state index contributed by atoms with van der Waals surface area (Å²) in [6.07, 6.45) is 3.56. The van der Waals surface area contributed by atoms with Crippen molar-refractivity contribution in [3.63, 3.8) is 0 Å². The van der Waals surface area contributed by atoms with Gasteiger partial charge < -0.3 is 10.1 Å². The highest BCUT2D eigenvalue weighted by atomic mass is 19.1. The van der Waals surface area contributed by atoms with E-state index >= 15 is 0 Å². The molecule has 1 amide bonds. The second kappa shape index (κ2) is 9.62. The lowest BCUT2D eigenvalue weighted by molar-refractivity contribution is 0.0924. The summed E-state index contributed by atoms with van der Waals surface area (Å²) < 4.78 is 18.5. The van der Waals surface area contributed by atoms with Crippen LogP contribution < -0.4 is 5.32 Å². The van der Waals surface area contributed by atoms with E-state index in [0.717, 1.165) is 37.1 Å². The number of ether oxygens (including phenoxy) is 1. The smallest absolute Gasteiger partial charge is 0.251 e. The molecule has 0 radical (unpaired) electrons. The lowest BCUT2D eigenvalue weighted by atomic mass is 10.0. The third-order valence-corrected chi connectivity index (χ3v) is 5.04. The number of piperidine rings is 1. The molecule has 0 aliphatic carbocycles. The van der Waals surface area contributed by atoms with E-state index < -0.39 is 0 Å². The first-order valence-corrected chi connectivity index (χ1v) is 9.53. The molecule has 2 aromatic carbocycles. The van der Waals surface area contributed by atoms with Gasteiger partial charge in [-0.3, -0.25) is 9.69 Å². The third-order valence-electron chi connectivity index (χ3n) is 5.04. The van der Waals surface area contributed by atoms with E-state index in [1.165, 1.54) is 18.6 Å². The molecule has 144 valence electrons. The summed E-state index contributed by atoms with van der Waals surface area (Å²) in [5.74, 6) is -0.341. The first-order chi connectivity index (χ1) is 13.2. The van der Waals surface area contributed by atoms with E-state index in [2.05, 4.69) is 10.2 Å². The molecule has 0 aromatic heterocycles. The molecule has 1 heterocycles. The van der Waals surface area contributed by atoms with Crippen molar-refractivity contribution in [2.45, 2.75) is 31.9 Å². The number of nitrogens with zero attached hydrogens (tertiary/aromatic N) is 1. The molecule has 3 rings (SSSR count). The fraction of sp³-hybridized carbons (Fsp3) is 0.409. The van der Waals surface area contributed by atoms with E-state index in [1.807, 2.05) is 36.4 Å². The van der Waals surface area contributed by atoms with Gasteiger partial charge in [0.1, 0.15) is 5.82 Å². The minimum Gasteiger partial charge on any atom is -0.380 e. The Kier molecular flexibility index (Phi) is 6.96. The lowest BCUT2D eigenvalue weighted by Crippen LogP contribution is -2.40. The minimum atomic E-state index is -0.241. The average molecular weight is 370 g/mol.